The third-order valence-electron chi connectivity index (χ3n) is 3.77. The van der Waals surface area contributed by atoms with Gasteiger partial charge in [0.15, 0.2) is 0 Å². The van der Waals surface area contributed by atoms with E-state index in [0.717, 1.165) is 0 Å². The highest BCUT2D eigenvalue weighted by molar-refractivity contribution is 6.18. The van der Waals surface area contributed by atoms with E-state index in [1.165, 1.54) is 6.07 Å². The van der Waals surface area contributed by atoms with Crippen LogP contribution in [0.3, 0.4) is 0 Å². The van der Waals surface area contributed by atoms with Gasteiger partial charge in [-0.05, 0) is 17.5 Å². The van der Waals surface area contributed by atoms with E-state index < -0.39 is 0 Å². The van der Waals surface area contributed by atoms with Gasteiger partial charge in [-0.3, -0.25) is 4.79 Å². The number of amides is 1. The molecule has 0 radical (unpaired) electrons. The maximum atomic E-state index is 13.8. The van der Waals surface area contributed by atoms with Crippen LogP contribution in [0.1, 0.15) is 10.4 Å². The minimum Gasteiger partial charge on any atom is -0.377 e. The van der Waals surface area contributed by atoms with Crippen LogP contribution in [0.4, 0.5) is 4.39 Å². The summed E-state index contributed by atoms with van der Waals surface area (Å²) in [6.07, 6.45) is 0. The molecule has 1 amide bonds. The Labute approximate surface area is 127 Å². The summed E-state index contributed by atoms with van der Waals surface area (Å²) in [6.45, 7) is 1.44. The number of alkyl halides is 1. The Balaban J connectivity index is 2.03. The molecule has 0 aliphatic carbocycles. The molecule has 1 atom stereocenters. The third-order valence-corrected chi connectivity index (χ3v) is 4.12. The van der Waals surface area contributed by atoms with E-state index in [-0.39, 0.29) is 17.8 Å². The first-order chi connectivity index (χ1) is 10.2. The molecule has 1 heterocycles. The molecule has 0 bridgehead atoms. The van der Waals surface area contributed by atoms with Gasteiger partial charge in [0.05, 0.1) is 19.3 Å². The summed E-state index contributed by atoms with van der Waals surface area (Å²) < 4.78 is 19.2. The molecule has 1 aliphatic heterocycles. The van der Waals surface area contributed by atoms with Gasteiger partial charge >= 0.3 is 0 Å². The molecule has 1 saturated heterocycles. The smallest absolute Gasteiger partial charge is 0.254 e. The zero-order valence-electron chi connectivity index (χ0n) is 11.4. The summed E-state index contributed by atoms with van der Waals surface area (Å²) >= 11 is 5.92. The number of carbonyl (C=O) groups excluding carboxylic acids is 1. The predicted molar refractivity (Wildman–Crippen MR) is 80.3 cm³/mol. The number of nitrogens with zero attached hydrogens (tertiary/aromatic N) is 1. The molecule has 110 valence electrons. The second-order valence-electron chi connectivity index (χ2n) is 5.02. The lowest BCUT2D eigenvalue weighted by Gasteiger charge is -2.34. The minimum absolute atomic E-state index is 0.125. The number of hydrogen-bond acceptors (Lipinski definition) is 2. The fraction of sp³-hybridized carbons (Fsp3) is 0.312. The average molecular weight is 308 g/mol. The normalized spacial score (nSPS) is 19.0. The second kappa shape index (κ2) is 6.00. The highest BCUT2D eigenvalue weighted by atomic mass is 35.5. The van der Waals surface area contributed by atoms with Crippen LogP contribution < -0.4 is 0 Å². The number of hydrogen-bond donors (Lipinski definition) is 0. The van der Waals surface area contributed by atoms with Crippen molar-refractivity contribution in [2.24, 2.45) is 0 Å². The van der Waals surface area contributed by atoms with Crippen LogP contribution in [0, 0.1) is 5.82 Å². The van der Waals surface area contributed by atoms with Crippen LogP contribution in [0.15, 0.2) is 36.4 Å². The number of morpholine rings is 1. The fourth-order valence-electron chi connectivity index (χ4n) is 2.65. The van der Waals surface area contributed by atoms with Crippen LogP contribution in [0.2, 0.25) is 0 Å². The molecule has 1 unspecified atom stereocenters. The van der Waals surface area contributed by atoms with E-state index in [1.807, 2.05) is 0 Å². The number of rotatable bonds is 2. The molecule has 1 aliphatic rings. The van der Waals surface area contributed by atoms with Crippen molar-refractivity contribution in [2.75, 3.05) is 25.6 Å². The quantitative estimate of drug-likeness (QED) is 0.798. The number of fused-ring (bicyclic) bond motifs is 1. The molecule has 0 aromatic heterocycles. The van der Waals surface area contributed by atoms with Gasteiger partial charge in [-0.2, -0.15) is 0 Å². The van der Waals surface area contributed by atoms with Gasteiger partial charge in [-0.25, -0.2) is 4.39 Å². The van der Waals surface area contributed by atoms with Crippen LogP contribution in [-0.2, 0) is 4.74 Å². The number of carbonyl (C=O) groups is 1. The topological polar surface area (TPSA) is 29.5 Å². The van der Waals surface area contributed by atoms with Gasteiger partial charge in [-0.1, -0.05) is 24.3 Å². The lowest BCUT2D eigenvalue weighted by Crippen LogP contribution is -2.49. The Bertz CT molecular complexity index is 676. The summed E-state index contributed by atoms with van der Waals surface area (Å²) in [5, 5.41) is 1.08. The van der Waals surface area contributed by atoms with Crippen molar-refractivity contribution in [1.82, 2.24) is 4.90 Å². The van der Waals surface area contributed by atoms with Crippen LogP contribution in [-0.4, -0.2) is 42.5 Å². The molecule has 0 saturated carbocycles. The Hall–Kier alpha value is -1.65. The SMILES string of the molecule is O=C(c1ccc(F)c2ccccc12)N1CCOCC1CCl. The Morgan fingerprint density at radius 1 is 1.29 bits per heavy atom. The highest BCUT2D eigenvalue weighted by Gasteiger charge is 2.28. The van der Waals surface area contributed by atoms with E-state index in [4.69, 9.17) is 16.3 Å². The molecule has 0 spiro atoms. The molecule has 1 fully saturated rings. The standard InChI is InChI=1S/C16H15ClFNO2/c17-9-11-10-21-8-7-19(11)16(20)14-5-6-15(18)13-4-2-1-3-12(13)14/h1-6,11H,7-10H2. The van der Waals surface area contributed by atoms with Crippen molar-refractivity contribution in [1.29, 1.82) is 0 Å². The van der Waals surface area contributed by atoms with Gasteiger partial charge in [0.2, 0.25) is 0 Å². The monoisotopic (exact) mass is 307 g/mol. The molecule has 5 heteroatoms. The molecule has 2 aromatic rings. The highest BCUT2D eigenvalue weighted by Crippen LogP contribution is 2.24. The summed E-state index contributed by atoms with van der Waals surface area (Å²) in [4.78, 5) is 14.5. The van der Waals surface area contributed by atoms with Gasteiger partial charge in [-0.15, -0.1) is 11.6 Å². The number of ether oxygens (including phenoxy) is 1. The van der Waals surface area contributed by atoms with Gasteiger partial charge in [0.25, 0.3) is 5.91 Å². The molecule has 3 nitrogen and oxygen atoms in total. The molecule has 2 aromatic carbocycles. The Morgan fingerprint density at radius 2 is 2.05 bits per heavy atom. The fourth-order valence-corrected chi connectivity index (χ4v) is 2.91. The van der Waals surface area contributed by atoms with Crippen molar-refractivity contribution in [3.8, 4) is 0 Å². The summed E-state index contributed by atoms with van der Waals surface area (Å²) in [5.74, 6) is -0.122. The van der Waals surface area contributed by atoms with Crippen LogP contribution in [0.25, 0.3) is 10.8 Å². The largest absolute Gasteiger partial charge is 0.377 e. The summed E-state index contributed by atoms with van der Waals surface area (Å²) in [7, 11) is 0. The van der Waals surface area contributed by atoms with E-state index in [2.05, 4.69) is 0 Å². The second-order valence-corrected chi connectivity index (χ2v) is 5.33. The summed E-state index contributed by atoms with van der Waals surface area (Å²) in [5.41, 5.74) is 0.504. The average Bonchev–Trinajstić information content (AvgIpc) is 2.55. The Kier molecular flexibility index (Phi) is 4.08. The first kappa shape index (κ1) is 14.3. The Morgan fingerprint density at radius 3 is 2.81 bits per heavy atom. The molecule has 21 heavy (non-hydrogen) atoms. The minimum atomic E-state index is -0.321. The van der Waals surface area contributed by atoms with E-state index in [1.54, 1.807) is 35.2 Å². The van der Waals surface area contributed by atoms with E-state index in [9.17, 15) is 9.18 Å². The first-order valence-corrected chi connectivity index (χ1v) is 7.37. The zero-order valence-corrected chi connectivity index (χ0v) is 12.1. The lowest BCUT2D eigenvalue weighted by atomic mass is 10.0. The van der Waals surface area contributed by atoms with E-state index in [0.29, 0.717) is 42.0 Å². The van der Waals surface area contributed by atoms with Crippen LogP contribution >= 0.6 is 11.6 Å². The van der Waals surface area contributed by atoms with Crippen LogP contribution in [0.5, 0.6) is 0 Å². The first-order valence-electron chi connectivity index (χ1n) is 6.84. The maximum Gasteiger partial charge on any atom is 0.254 e. The number of halogens is 2. The molecule has 3 rings (SSSR count). The summed E-state index contributed by atoms with van der Waals surface area (Å²) in [6, 6.07) is 9.75. The lowest BCUT2D eigenvalue weighted by molar-refractivity contribution is 0.00467. The van der Waals surface area contributed by atoms with E-state index >= 15 is 0 Å². The van der Waals surface area contributed by atoms with Crippen molar-refractivity contribution in [2.45, 2.75) is 6.04 Å². The van der Waals surface area contributed by atoms with Crippen molar-refractivity contribution < 1.29 is 13.9 Å². The van der Waals surface area contributed by atoms with Gasteiger partial charge in [0, 0.05) is 23.4 Å². The zero-order chi connectivity index (χ0) is 14.8. The third kappa shape index (κ3) is 2.61. The van der Waals surface area contributed by atoms with Crippen molar-refractivity contribution >= 4 is 28.3 Å². The molecular formula is C16H15ClFNO2. The molecular weight excluding hydrogens is 293 g/mol. The van der Waals surface area contributed by atoms with Gasteiger partial charge < -0.3 is 9.64 Å². The van der Waals surface area contributed by atoms with Crippen molar-refractivity contribution in [3.05, 3.63) is 47.8 Å². The van der Waals surface area contributed by atoms with Gasteiger partial charge in [0.1, 0.15) is 5.82 Å². The number of benzene rings is 2. The van der Waals surface area contributed by atoms with Crippen molar-refractivity contribution in [3.63, 3.8) is 0 Å². The maximum absolute atomic E-state index is 13.8. The predicted octanol–water partition coefficient (Wildman–Crippen LogP) is 3.06. The molecule has 0 N–H and O–H groups in total.